The first-order valence-electron chi connectivity index (χ1n) is 6.01. The molecule has 0 spiro atoms. The fourth-order valence-electron chi connectivity index (χ4n) is 2.21. The van der Waals surface area contributed by atoms with Gasteiger partial charge in [-0.1, -0.05) is 22.0 Å². The van der Waals surface area contributed by atoms with Crippen LogP contribution in [0.3, 0.4) is 0 Å². The Kier molecular flexibility index (Phi) is 3.38. The molecule has 3 aromatic rings. The molecule has 2 aromatic carbocycles. The summed E-state index contributed by atoms with van der Waals surface area (Å²) in [5.41, 5.74) is 0.378. The van der Waals surface area contributed by atoms with Crippen molar-refractivity contribution >= 4 is 27.0 Å². The molecule has 0 saturated carbocycles. The molecule has 0 bridgehead atoms. The summed E-state index contributed by atoms with van der Waals surface area (Å²) in [6.45, 7) is 0. The minimum atomic E-state index is -1.50. The van der Waals surface area contributed by atoms with Crippen molar-refractivity contribution in [1.82, 2.24) is 9.97 Å². The molecule has 1 unspecified atom stereocenters. The van der Waals surface area contributed by atoms with Gasteiger partial charge in [-0.2, -0.15) is 0 Å². The van der Waals surface area contributed by atoms with Crippen molar-refractivity contribution in [3.05, 3.63) is 68.1 Å². The van der Waals surface area contributed by atoms with Gasteiger partial charge in [-0.25, -0.2) is 13.6 Å². The van der Waals surface area contributed by atoms with Crippen LogP contribution in [-0.2, 0) is 0 Å². The van der Waals surface area contributed by atoms with Gasteiger partial charge in [0.1, 0.15) is 17.7 Å². The monoisotopic (exact) mass is 354 g/mol. The number of fused-ring (bicyclic) bond motifs is 1. The zero-order chi connectivity index (χ0) is 15.1. The van der Waals surface area contributed by atoms with Gasteiger partial charge in [-0.15, -0.1) is 0 Å². The van der Waals surface area contributed by atoms with Gasteiger partial charge in [0.25, 0.3) is 0 Å². The summed E-state index contributed by atoms with van der Waals surface area (Å²) in [6, 6.07) is 6.40. The number of aromatic nitrogens is 2. The van der Waals surface area contributed by atoms with Crippen LogP contribution in [0.4, 0.5) is 8.78 Å². The van der Waals surface area contributed by atoms with Gasteiger partial charge in [-0.05, 0) is 24.3 Å². The zero-order valence-corrected chi connectivity index (χ0v) is 12.0. The van der Waals surface area contributed by atoms with Gasteiger partial charge in [-0.3, -0.25) is 0 Å². The molecule has 1 heterocycles. The van der Waals surface area contributed by atoms with E-state index in [1.807, 2.05) is 0 Å². The normalized spacial score (nSPS) is 12.8. The summed E-state index contributed by atoms with van der Waals surface area (Å²) in [6.07, 6.45) is -1.50. The molecule has 4 nitrogen and oxygen atoms in total. The highest BCUT2D eigenvalue weighted by atomic mass is 79.9. The number of aliphatic hydroxyl groups excluding tert-OH is 1. The third kappa shape index (κ3) is 2.38. The van der Waals surface area contributed by atoms with Gasteiger partial charge in [0.15, 0.2) is 0 Å². The highest BCUT2D eigenvalue weighted by Gasteiger charge is 2.22. The van der Waals surface area contributed by atoms with Crippen molar-refractivity contribution in [2.45, 2.75) is 6.10 Å². The predicted molar refractivity (Wildman–Crippen MR) is 77.0 cm³/mol. The molecule has 0 radical (unpaired) electrons. The standard InChI is InChI=1S/C14H9BrF2N2O2/c15-7-5-11-10(18-14(21)19-11)4-6(7)13(20)12-8(16)2-1-3-9(12)17/h1-5,13,20H,(H2,18,19,21). The molecule has 1 aromatic heterocycles. The summed E-state index contributed by atoms with van der Waals surface area (Å²) in [7, 11) is 0. The fourth-order valence-corrected chi connectivity index (χ4v) is 2.77. The van der Waals surface area contributed by atoms with E-state index >= 15 is 0 Å². The lowest BCUT2D eigenvalue weighted by atomic mass is 10.00. The number of imidazole rings is 1. The van der Waals surface area contributed by atoms with Gasteiger partial charge in [0.05, 0.1) is 16.6 Å². The summed E-state index contributed by atoms with van der Waals surface area (Å²) in [5, 5.41) is 10.3. The maximum absolute atomic E-state index is 13.8. The smallest absolute Gasteiger partial charge is 0.323 e. The molecule has 0 amide bonds. The van der Waals surface area contributed by atoms with E-state index in [0.29, 0.717) is 15.5 Å². The van der Waals surface area contributed by atoms with Crippen LogP contribution < -0.4 is 5.69 Å². The van der Waals surface area contributed by atoms with E-state index in [1.54, 1.807) is 6.07 Å². The lowest BCUT2D eigenvalue weighted by Gasteiger charge is -2.15. The molecular weight excluding hydrogens is 346 g/mol. The van der Waals surface area contributed by atoms with Crippen LogP contribution in [0.1, 0.15) is 17.2 Å². The molecular formula is C14H9BrF2N2O2. The average molecular weight is 355 g/mol. The zero-order valence-electron chi connectivity index (χ0n) is 10.5. The van der Waals surface area contributed by atoms with Crippen molar-refractivity contribution in [2.75, 3.05) is 0 Å². The second kappa shape index (κ2) is 5.09. The van der Waals surface area contributed by atoms with Gasteiger partial charge >= 0.3 is 5.69 Å². The fraction of sp³-hybridized carbons (Fsp3) is 0.0714. The molecule has 0 aliphatic carbocycles. The van der Waals surface area contributed by atoms with Gasteiger partial charge in [0, 0.05) is 10.0 Å². The molecule has 1 atom stereocenters. The third-order valence-corrected chi connectivity index (χ3v) is 3.89. The van der Waals surface area contributed by atoms with Crippen LogP contribution in [0.2, 0.25) is 0 Å². The van der Waals surface area contributed by atoms with Crippen LogP contribution in [0.15, 0.2) is 39.6 Å². The lowest BCUT2D eigenvalue weighted by molar-refractivity contribution is 0.208. The molecule has 0 aliphatic heterocycles. The van der Waals surface area contributed by atoms with Crippen molar-refractivity contribution in [3.8, 4) is 0 Å². The molecule has 21 heavy (non-hydrogen) atoms. The third-order valence-electron chi connectivity index (χ3n) is 3.20. The van der Waals surface area contributed by atoms with Crippen molar-refractivity contribution in [3.63, 3.8) is 0 Å². The number of hydrogen-bond acceptors (Lipinski definition) is 2. The summed E-state index contributed by atoms with van der Waals surface area (Å²) in [5.74, 6) is -1.67. The maximum Gasteiger partial charge on any atom is 0.323 e. The highest BCUT2D eigenvalue weighted by Crippen LogP contribution is 2.33. The molecule has 108 valence electrons. The number of rotatable bonds is 2. The number of nitrogens with one attached hydrogen (secondary N) is 2. The summed E-state index contributed by atoms with van der Waals surface area (Å²) in [4.78, 5) is 16.3. The number of halogens is 3. The van der Waals surface area contributed by atoms with E-state index in [2.05, 4.69) is 25.9 Å². The van der Waals surface area contributed by atoms with E-state index in [9.17, 15) is 18.7 Å². The molecule has 0 aliphatic rings. The van der Waals surface area contributed by atoms with Crippen LogP contribution in [0.5, 0.6) is 0 Å². The first-order chi connectivity index (χ1) is 9.97. The van der Waals surface area contributed by atoms with Crippen molar-refractivity contribution in [1.29, 1.82) is 0 Å². The highest BCUT2D eigenvalue weighted by molar-refractivity contribution is 9.10. The molecule has 3 N–H and O–H groups in total. The van der Waals surface area contributed by atoms with Crippen molar-refractivity contribution < 1.29 is 13.9 Å². The largest absolute Gasteiger partial charge is 0.383 e. The SMILES string of the molecule is O=c1[nH]c2cc(Br)c(C(O)c3c(F)cccc3F)cc2[nH]1. The number of aromatic amines is 2. The Hall–Kier alpha value is -1.99. The second-order valence-corrected chi connectivity index (χ2v) is 5.39. The Morgan fingerprint density at radius 3 is 2.29 bits per heavy atom. The Bertz CT molecular complexity index is 868. The van der Waals surface area contributed by atoms with Gasteiger partial charge in [0.2, 0.25) is 0 Å². The van der Waals surface area contributed by atoms with E-state index in [-0.39, 0.29) is 5.56 Å². The Morgan fingerprint density at radius 2 is 1.67 bits per heavy atom. The minimum absolute atomic E-state index is 0.252. The maximum atomic E-state index is 13.8. The first kappa shape index (κ1) is 14.0. The number of benzene rings is 2. The van der Waals surface area contributed by atoms with Crippen LogP contribution >= 0.6 is 15.9 Å². The number of H-pyrrole nitrogens is 2. The molecule has 0 saturated heterocycles. The van der Waals surface area contributed by atoms with E-state index in [1.165, 1.54) is 12.1 Å². The average Bonchev–Trinajstić information content (AvgIpc) is 2.76. The second-order valence-electron chi connectivity index (χ2n) is 4.54. The number of aliphatic hydroxyl groups is 1. The predicted octanol–water partition coefficient (Wildman–Crippen LogP) is 2.98. The van der Waals surface area contributed by atoms with Crippen LogP contribution in [0, 0.1) is 11.6 Å². The quantitative estimate of drug-likeness (QED) is 0.662. The van der Waals surface area contributed by atoms with Crippen LogP contribution in [-0.4, -0.2) is 15.1 Å². The summed E-state index contributed by atoms with van der Waals surface area (Å²) < 4.78 is 27.9. The van der Waals surface area contributed by atoms with E-state index in [4.69, 9.17) is 0 Å². The Balaban J connectivity index is 2.19. The lowest BCUT2D eigenvalue weighted by Crippen LogP contribution is -2.06. The first-order valence-corrected chi connectivity index (χ1v) is 6.80. The number of hydrogen-bond donors (Lipinski definition) is 3. The summed E-state index contributed by atoms with van der Waals surface area (Å²) >= 11 is 3.23. The topological polar surface area (TPSA) is 68.9 Å². The molecule has 7 heteroatoms. The van der Waals surface area contributed by atoms with Crippen LogP contribution in [0.25, 0.3) is 11.0 Å². The molecule has 0 fully saturated rings. The van der Waals surface area contributed by atoms with E-state index in [0.717, 1.165) is 12.1 Å². The van der Waals surface area contributed by atoms with Gasteiger partial charge < -0.3 is 15.1 Å². The minimum Gasteiger partial charge on any atom is -0.383 e. The Labute approximate surface area is 125 Å². The van der Waals surface area contributed by atoms with Crippen molar-refractivity contribution in [2.24, 2.45) is 0 Å². The van der Waals surface area contributed by atoms with E-state index < -0.39 is 29.0 Å². The molecule has 3 rings (SSSR count). The Morgan fingerprint density at radius 1 is 1.10 bits per heavy atom.